The third-order valence-corrected chi connectivity index (χ3v) is 4.29. The summed E-state index contributed by atoms with van der Waals surface area (Å²) >= 11 is 0. The number of alkyl halides is 3. The fourth-order valence-electron chi connectivity index (χ4n) is 3.37. The number of benzene rings is 1. The lowest BCUT2D eigenvalue weighted by atomic mass is 9.86. The molecule has 2 fully saturated rings. The lowest BCUT2D eigenvalue weighted by Crippen LogP contribution is -2.40. The molecule has 0 aromatic heterocycles. The van der Waals surface area contributed by atoms with Crippen LogP contribution in [0.5, 0.6) is 5.75 Å². The Bertz CT molecular complexity index is 575. The van der Waals surface area contributed by atoms with Crippen LogP contribution in [0.4, 0.5) is 17.6 Å². The van der Waals surface area contributed by atoms with E-state index in [4.69, 9.17) is 0 Å². The van der Waals surface area contributed by atoms with Gasteiger partial charge in [0.05, 0.1) is 0 Å². The molecule has 3 nitrogen and oxygen atoms in total. The molecule has 22 heavy (non-hydrogen) atoms. The first-order chi connectivity index (χ1) is 10.3. The smallest absolute Gasteiger partial charge is 0.403 e. The fraction of sp³-hybridized carbons (Fsp3) is 0.533. The zero-order valence-electron chi connectivity index (χ0n) is 11.6. The van der Waals surface area contributed by atoms with Crippen molar-refractivity contribution in [2.75, 3.05) is 0 Å². The number of hydrogen-bond acceptors (Lipinski definition) is 3. The Labute approximate surface area is 124 Å². The highest BCUT2D eigenvalue weighted by Crippen LogP contribution is 2.34. The van der Waals surface area contributed by atoms with Gasteiger partial charge >= 0.3 is 6.36 Å². The van der Waals surface area contributed by atoms with Gasteiger partial charge < -0.3 is 10.1 Å². The van der Waals surface area contributed by atoms with E-state index in [9.17, 15) is 22.4 Å². The summed E-state index contributed by atoms with van der Waals surface area (Å²) in [7, 11) is 0. The van der Waals surface area contributed by atoms with Crippen LogP contribution in [0.25, 0.3) is 0 Å². The molecule has 2 saturated heterocycles. The monoisotopic (exact) mass is 317 g/mol. The van der Waals surface area contributed by atoms with Crippen LogP contribution in [-0.4, -0.2) is 24.2 Å². The van der Waals surface area contributed by atoms with Gasteiger partial charge in [0.25, 0.3) is 0 Å². The van der Waals surface area contributed by atoms with Gasteiger partial charge in [-0.05, 0) is 43.9 Å². The van der Waals surface area contributed by atoms with Crippen molar-refractivity contribution in [3.8, 4) is 5.75 Å². The molecule has 0 saturated carbocycles. The van der Waals surface area contributed by atoms with Gasteiger partial charge in [0.1, 0.15) is 0 Å². The Morgan fingerprint density at radius 1 is 1.18 bits per heavy atom. The molecule has 2 heterocycles. The van der Waals surface area contributed by atoms with E-state index in [1.54, 1.807) is 0 Å². The zero-order chi connectivity index (χ0) is 15.9. The molecule has 1 N–H and O–H groups in total. The van der Waals surface area contributed by atoms with E-state index >= 15 is 0 Å². The molecule has 2 bridgehead atoms. The first-order valence-electron chi connectivity index (χ1n) is 7.17. The summed E-state index contributed by atoms with van der Waals surface area (Å²) in [6.45, 7) is 0. The number of ketones is 1. The molecular weight excluding hydrogens is 302 g/mol. The zero-order valence-corrected chi connectivity index (χ0v) is 11.6. The largest absolute Gasteiger partial charge is 0.573 e. The topological polar surface area (TPSA) is 38.3 Å². The Morgan fingerprint density at radius 3 is 2.36 bits per heavy atom. The van der Waals surface area contributed by atoms with Crippen molar-refractivity contribution >= 4 is 5.78 Å². The van der Waals surface area contributed by atoms with E-state index < -0.39 is 17.9 Å². The molecule has 0 amide bonds. The first-order valence-corrected chi connectivity index (χ1v) is 7.17. The van der Waals surface area contributed by atoms with Gasteiger partial charge in [-0.15, -0.1) is 13.2 Å². The minimum absolute atomic E-state index is 0.0957. The van der Waals surface area contributed by atoms with Gasteiger partial charge in [-0.3, -0.25) is 4.79 Å². The average molecular weight is 317 g/mol. The maximum atomic E-state index is 13.7. The third-order valence-electron chi connectivity index (χ3n) is 4.29. The lowest BCUT2D eigenvalue weighted by Gasteiger charge is -2.28. The van der Waals surface area contributed by atoms with Gasteiger partial charge in [0.2, 0.25) is 0 Å². The summed E-state index contributed by atoms with van der Waals surface area (Å²) in [5, 5.41) is 3.40. The van der Waals surface area contributed by atoms with Crippen molar-refractivity contribution in [3.63, 3.8) is 0 Å². The van der Waals surface area contributed by atoms with Crippen molar-refractivity contribution in [3.05, 3.63) is 29.6 Å². The molecule has 0 spiro atoms. The van der Waals surface area contributed by atoms with Crippen molar-refractivity contribution < 1.29 is 27.1 Å². The van der Waals surface area contributed by atoms with E-state index in [1.807, 2.05) is 0 Å². The normalized spacial score (nSPS) is 27.7. The number of ether oxygens (including phenoxy) is 1. The molecule has 1 aromatic carbocycles. The first kappa shape index (κ1) is 15.3. The van der Waals surface area contributed by atoms with E-state index in [-0.39, 0.29) is 17.3 Å². The molecule has 7 heteroatoms. The minimum Gasteiger partial charge on any atom is -0.403 e. The number of Topliss-reactive ketones (excluding diaryl/α,β-unsaturated/α-hetero) is 1. The number of carbonyl (C=O) groups excluding carboxylic acids is 1. The second-order valence-corrected chi connectivity index (χ2v) is 5.86. The summed E-state index contributed by atoms with van der Waals surface area (Å²) in [6.07, 6.45) is -1.52. The molecule has 2 atom stereocenters. The van der Waals surface area contributed by atoms with Crippen LogP contribution in [0, 0.1) is 11.7 Å². The number of piperidine rings is 1. The summed E-state index contributed by atoms with van der Waals surface area (Å²) in [5.41, 5.74) is 0.0957. The lowest BCUT2D eigenvalue weighted by molar-refractivity contribution is -0.275. The molecule has 2 aliphatic heterocycles. The van der Waals surface area contributed by atoms with Crippen LogP contribution in [0.2, 0.25) is 0 Å². The average Bonchev–Trinajstić information content (AvgIpc) is 2.77. The summed E-state index contributed by atoms with van der Waals surface area (Å²) < 4.78 is 53.5. The van der Waals surface area contributed by atoms with Gasteiger partial charge in [-0.2, -0.15) is 0 Å². The number of carbonyl (C=O) groups is 1. The van der Waals surface area contributed by atoms with Gasteiger partial charge in [0, 0.05) is 23.6 Å². The standard InChI is InChI=1S/C15H15F4NO2/c16-12-7-8(1-4-13(12)22-15(17,18)19)14(21)9-5-10-2-3-11(6-9)20-10/h1,4,7,9-11,20H,2-3,5-6H2. The fourth-order valence-corrected chi connectivity index (χ4v) is 3.37. The second kappa shape index (κ2) is 5.53. The highest BCUT2D eigenvalue weighted by atomic mass is 19.4. The molecule has 1 aromatic rings. The number of rotatable bonds is 3. The third kappa shape index (κ3) is 3.24. The van der Waals surface area contributed by atoms with Crippen molar-refractivity contribution in [1.82, 2.24) is 5.32 Å². The van der Waals surface area contributed by atoms with Crippen LogP contribution >= 0.6 is 0 Å². The van der Waals surface area contributed by atoms with Crippen molar-refractivity contribution in [1.29, 1.82) is 0 Å². The summed E-state index contributed by atoms with van der Waals surface area (Å²) in [5.74, 6) is -2.52. The second-order valence-electron chi connectivity index (χ2n) is 5.86. The Kier molecular flexibility index (Phi) is 3.84. The maximum Gasteiger partial charge on any atom is 0.573 e. The highest BCUT2D eigenvalue weighted by molar-refractivity contribution is 5.98. The molecule has 2 aliphatic rings. The number of fused-ring (bicyclic) bond motifs is 2. The molecule has 0 radical (unpaired) electrons. The molecule has 3 rings (SSSR count). The van der Waals surface area contributed by atoms with Gasteiger partial charge in [-0.1, -0.05) is 0 Å². The van der Waals surface area contributed by atoms with E-state index in [1.165, 1.54) is 6.07 Å². The van der Waals surface area contributed by atoms with E-state index in [0.717, 1.165) is 25.0 Å². The SMILES string of the molecule is O=C(c1ccc(OC(F)(F)F)c(F)c1)C1CC2CCC(C1)N2. The number of nitrogens with one attached hydrogen (secondary N) is 1. The maximum absolute atomic E-state index is 13.7. The minimum atomic E-state index is -4.96. The van der Waals surface area contributed by atoms with E-state index in [2.05, 4.69) is 10.1 Å². The molecule has 0 aliphatic carbocycles. The predicted octanol–water partition coefficient (Wildman–Crippen LogP) is 3.44. The van der Waals surface area contributed by atoms with Crippen LogP contribution in [0.1, 0.15) is 36.0 Å². The van der Waals surface area contributed by atoms with Crippen LogP contribution < -0.4 is 10.1 Å². The molecular formula is C15H15F4NO2. The quantitative estimate of drug-likeness (QED) is 0.685. The molecule has 2 unspecified atom stereocenters. The Hall–Kier alpha value is -1.63. The van der Waals surface area contributed by atoms with Gasteiger partial charge in [-0.25, -0.2) is 4.39 Å². The number of halogens is 4. The van der Waals surface area contributed by atoms with E-state index in [0.29, 0.717) is 24.9 Å². The molecule has 120 valence electrons. The van der Waals surface area contributed by atoms with Crippen molar-refractivity contribution in [2.45, 2.75) is 44.1 Å². The van der Waals surface area contributed by atoms with Crippen LogP contribution in [0.15, 0.2) is 18.2 Å². The van der Waals surface area contributed by atoms with Gasteiger partial charge in [0.15, 0.2) is 17.3 Å². The van der Waals surface area contributed by atoms with Crippen LogP contribution in [-0.2, 0) is 0 Å². The van der Waals surface area contributed by atoms with Crippen LogP contribution in [0.3, 0.4) is 0 Å². The Morgan fingerprint density at radius 2 is 1.82 bits per heavy atom. The van der Waals surface area contributed by atoms with Crippen molar-refractivity contribution in [2.24, 2.45) is 5.92 Å². The summed E-state index contributed by atoms with van der Waals surface area (Å²) in [6, 6.07) is 3.49. The predicted molar refractivity (Wildman–Crippen MR) is 70.1 cm³/mol. The highest BCUT2D eigenvalue weighted by Gasteiger charge is 2.37. The Balaban J connectivity index is 1.74. The summed E-state index contributed by atoms with van der Waals surface area (Å²) in [4.78, 5) is 12.4. The number of hydrogen-bond donors (Lipinski definition) is 1.